The highest BCUT2D eigenvalue weighted by Crippen LogP contribution is 2.29. The summed E-state index contributed by atoms with van der Waals surface area (Å²) < 4.78 is 5.48. The Labute approximate surface area is 91.8 Å². The minimum atomic E-state index is -0.0120. The smallest absolute Gasteiger partial charge is 0.246 e. The molecule has 0 bridgehead atoms. The van der Waals surface area contributed by atoms with Crippen molar-refractivity contribution in [2.75, 3.05) is 20.2 Å². The Morgan fingerprint density at radius 3 is 2.67 bits per heavy atom. The van der Waals surface area contributed by atoms with E-state index in [1.54, 1.807) is 0 Å². The maximum atomic E-state index is 11.3. The zero-order valence-corrected chi connectivity index (χ0v) is 9.88. The van der Waals surface area contributed by atoms with Crippen LogP contribution in [-0.2, 0) is 9.53 Å². The molecular formula is C11H22N2O2. The van der Waals surface area contributed by atoms with Gasteiger partial charge < -0.3 is 15.4 Å². The Hall–Kier alpha value is -0.610. The number of hydrogen-bond acceptors (Lipinski definition) is 3. The molecule has 15 heavy (non-hydrogen) atoms. The highest BCUT2D eigenvalue weighted by atomic mass is 16.5. The van der Waals surface area contributed by atoms with Crippen molar-refractivity contribution in [2.24, 2.45) is 5.92 Å². The van der Waals surface area contributed by atoms with Gasteiger partial charge in [-0.05, 0) is 46.2 Å². The molecule has 0 heterocycles. The van der Waals surface area contributed by atoms with Crippen LogP contribution < -0.4 is 10.6 Å². The molecule has 4 nitrogen and oxygen atoms in total. The summed E-state index contributed by atoms with van der Waals surface area (Å²) in [4.78, 5) is 11.3. The predicted molar refractivity (Wildman–Crippen MR) is 59.7 cm³/mol. The molecular weight excluding hydrogens is 192 g/mol. The van der Waals surface area contributed by atoms with Crippen LogP contribution in [0.1, 0.15) is 26.7 Å². The van der Waals surface area contributed by atoms with Crippen molar-refractivity contribution in [3.05, 3.63) is 0 Å². The Morgan fingerprint density at radius 1 is 1.47 bits per heavy atom. The first-order valence-corrected chi connectivity index (χ1v) is 5.67. The van der Waals surface area contributed by atoms with Crippen LogP contribution in [0.5, 0.6) is 0 Å². The van der Waals surface area contributed by atoms with Gasteiger partial charge in [0, 0.05) is 6.04 Å². The van der Waals surface area contributed by atoms with Gasteiger partial charge in [0.15, 0.2) is 0 Å². The molecule has 0 radical (unpaired) electrons. The van der Waals surface area contributed by atoms with Crippen LogP contribution in [0.2, 0.25) is 0 Å². The van der Waals surface area contributed by atoms with Gasteiger partial charge in [0.25, 0.3) is 0 Å². The van der Waals surface area contributed by atoms with Gasteiger partial charge in [-0.15, -0.1) is 0 Å². The van der Waals surface area contributed by atoms with Crippen LogP contribution in [0.3, 0.4) is 0 Å². The fourth-order valence-electron chi connectivity index (χ4n) is 1.82. The van der Waals surface area contributed by atoms with Gasteiger partial charge in [-0.25, -0.2) is 0 Å². The van der Waals surface area contributed by atoms with Gasteiger partial charge in [0.05, 0.1) is 6.10 Å². The molecule has 0 aliphatic heterocycles. The molecule has 0 spiro atoms. The Balaban J connectivity index is 2.00. The number of amides is 1. The lowest BCUT2D eigenvalue weighted by molar-refractivity contribution is -0.131. The van der Waals surface area contributed by atoms with Crippen LogP contribution in [0.25, 0.3) is 0 Å². The number of ether oxygens (including phenoxy) is 1. The summed E-state index contributed by atoms with van der Waals surface area (Å²) >= 11 is 0. The van der Waals surface area contributed by atoms with Crippen LogP contribution >= 0.6 is 0 Å². The van der Waals surface area contributed by atoms with E-state index in [1.807, 2.05) is 20.9 Å². The summed E-state index contributed by atoms with van der Waals surface area (Å²) in [5, 5.41) is 5.95. The Morgan fingerprint density at radius 2 is 2.13 bits per heavy atom. The molecule has 0 aromatic carbocycles. The summed E-state index contributed by atoms with van der Waals surface area (Å²) in [6.07, 6.45) is 2.45. The van der Waals surface area contributed by atoms with Crippen LogP contribution in [0.15, 0.2) is 0 Å². The third-order valence-electron chi connectivity index (χ3n) is 2.59. The summed E-state index contributed by atoms with van der Waals surface area (Å²) in [7, 11) is 1.96. The lowest BCUT2D eigenvalue weighted by Crippen LogP contribution is -2.40. The first-order chi connectivity index (χ1) is 7.11. The Kier molecular flexibility index (Phi) is 5.05. The molecule has 2 N–H and O–H groups in total. The highest BCUT2D eigenvalue weighted by molar-refractivity contribution is 5.77. The number of hydrogen-bond donors (Lipinski definition) is 2. The standard InChI is InChI=1S/C11H22N2O2/c1-8(2)13-11(14)7-15-10-4-9(5-10)6-12-3/h8-10,12H,4-7H2,1-3H3,(H,13,14). The van der Waals surface area contributed by atoms with Gasteiger partial charge in [0.2, 0.25) is 5.91 Å². The molecule has 0 saturated heterocycles. The van der Waals surface area contributed by atoms with Crippen molar-refractivity contribution in [3.8, 4) is 0 Å². The molecule has 0 aromatic rings. The second kappa shape index (κ2) is 6.08. The molecule has 1 aliphatic rings. The van der Waals surface area contributed by atoms with Crippen LogP contribution in [0, 0.1) is 5.92 Å². The van der Waals surface area contributed by atoms with E-state index < -0.39 is 0 Å². The quantitative estimate of drug-likeness (QED) is 0.678. The molecule has 1 saturated carbocycles. The van der Waals surface area contributed by atoms with Gasteiger partial charge in [-0.1, -0.05) is 0 Å². The maximum Gasteiger partial charge on any atom is 0.246 e. The number of nitrogens with one attached hydrogen (secondary N) is 2. The fraction of sp³-hybridized carbons (Fsp3) is 0.909. The van der Waals surface area contributed by atoms with E-state index in [4.69, 9.17) is 4.74 Å². The summed E-state index contributed by atoms with van der Waals surface area (Å²) in [5.74, 6) is 0.718. The third kappa shape index (κ3) is 4.62. The molecule has 1 aliphatic carbocycles. The van der Waals surface area contributed by atoms with Crippen LogP contribution in [-0.4, -0.2) is 38.3 Å². The molecule has 1 amide bonds. The van der Waals surface area contributed by atoms with E-state index in [0.29, 0.717) is 6.10 Å². The maximum absolute atomic E-state index is 11.3. The minimum absolute atomic E-state index is 0.0120. The van der Waals surface area contributed by atoms with Crippen molar-refractivity contribution < 1.29 is 9.53 Å². The normalized spacial score (nSPS) is 25.1. The summed E-state index contributed by atoms with van der Waals surface area (Å²) in [6, 6.07) is 0.194. The van der Waals surface area contributed by atoms with Crippen molar-refractivity contribution in [3.63, 3.8) is 0 Å². The monoisotopic (exact) mass is 214 g/mol. The Bertz CT molecular complexity index is 201. The zero-order valence-electron chi connectivity index (χ0n) is 9.88. The van der Waals surface area contributed by atoms with Gasteiger partial charge in [0.1, 0.15) is 6.61 Å². The summed E-state index contributed by atoms with van der Waals surface area (Å²) in [6.45, 7) is 5.15. The molecule has 1 fully saturated rings. The SMILES string of the molecule is CNCC1CC(OCC(=O)NC(C)C)C1. The van der Waals surface area contributed by atoms with Crippen molar-refractivity contribution in [1.82, 2.24) is 10.6 Å². The number of carbonyl (C=O) groups excluding carboxylic acids is 1. The first kappa shape index (κ1) is 12.5. The van der Waals surface area contributed by atoms with E-state index in [2.05, 4.69) is 10.6 Å². The molecule has 0 atom stereocenters. The lowest BCUT2D eigenvalue weighted by atomic mass is 9.82. The number of carbonyl (C=O) groups is 1. The van der Waals surface area contributed by atoms with E-state index in [1.165, 1.54) is 0 Å². The van der Waals surface area contributed by atoms with Gasteiger partial charge in [-0.3, -0.25) is 4.79 Å². The van der Waals surface area contributed by atoms with E-state index in [0.717, 1.165) is 25.3 Å². The molecule has 88 valence electrons. The van der Waals surface area contributed by atoms with E-state index >= 15 is 0 Å². The van der Waals surface area contributed by atoms with Crippen LogP contribution in [0.4, 0.5) is 0 Å². The second-order valence-corrected chi connectivity index (χ2v) is 4.55. The number of rotatable bonds is 6. The van der Waals surface area contributed by atoms with Crippen molar-refractivity contribution in [2.45, 2.75) is 38.8 Å². The van der Waals surface area contributed by atoms with Crippen molar-refractivity contribution in [1.29, 1.82) is 0 Å². The van der Waals surface area contributed by atoms with E-state index in [9.17, 15) is 4.79 Å². The van der Waals surface area contributed by atoms with E-state index in [-0.39, 0.29) is 18.6 Å². The average molecular weight is 214 g/mol. The lowest BCUT2D eigenvalue weighted by Gasteiger charge is -2.34. The average Bonchev–Trinajstić information content (AvgIpc) is 2.07. The summed E-state index contributed by atoms with van der Waals surface area (Å²) in [5.41, 5.74) is 0. The minimum Gasteiger partial charge on any atom is -0.368 e. The second-order valence-electron chi connectivity index (χ2n) is 4.55. The van der Waals surface area contributed by atoms with Gasteiger partial charge in [-0.2, -0.15) is 0 Å². The largest absolute Gasteiger partial charge is 0.368 e. The molecule has 0 aromatic heterocycles. The fourth-order valence-corrected chi connectivity index (χ4v) is 1.82. The third-order valence-corrected chi connectivity index (χ3v) is 2.59. The molecule has 4 heteroatoms. The van der Waals surface area contributed by atoms with Gasteiger partial charge >= 0.3 is 0 Å². The highest BCUT2D eigenvalue weighted by Gasteiger charge is 2.29. The topological polar surface area (TPSA) is 50.4 Å². The first-order valence-electron chi connectivity index (χ1n) is 5.67. The molecule has 0 unspecified atom stereocenters. The predicted octanol–water partition coefficient (Wildman–Crippen LogP) is 0.526. The van der Waals surface area contributed by atoms with Crippen molar-refractivity contribution >= 4 is 5.91 Å². The zero-order chi connectivity index (χ0) is 11.3. The molecule has 1 rings (SSSR count).